The molecule has 2 unspecified atom stereocenters. The summed E-state index contributed by atoms with van der Waals surface area (Å²) in [7, 11) is 1.59. The van der Waals surface area contributed by atoms with Crippen molar-refractivity contribution in [3.63, 3.8) is 0 Å². The highest BCUT2D eigenvalue weighted by Gasteiger charge is 2.26. The number of aliphatic hydroxyl groups is 1. The summed E-state index contributed by atoms with van der Waals surface area (Å²) in [5.41, 5.74) is 0. The minimum Gasteiger partial charge on any atom is -0.481 e. The average Bonchev–Trinajstić information content (AvgIpc) is 2.27. The summed E-state index contributed by atoms with van der Waals surface area (Å²) in [6.07, 6.45) is 1.05. The molecule has 2 N–H and O–H groups in total. The Kier molecular flexibility index (Phi) is 4.74. The zero-order valence-corrected chi connectivity index (χ0v) is 10.3. The number of carbonyl (C=O) groups is 2. The predicted octanol–water partition coefficient (Wildman–Crippen LogP) is 0.216. The quantitative estimate of drug-likeness (QED) is 0.744. The van der Waals surface area contributed by atoms with Gasteiger partial charge in [-0.2, -0.15) is 0 Å². The number of piperidine rings is 1. The molecule has 6 nitrogen and oxygen atoms in total. The molecule has 1 rings (SSSR count). The van der Waals surface area contributed by atoms with Crippen LogP contribution in [0, 0.1) is 5.92 Å². The lowest BCUT2D eigenvalue weighted by atomic mass is 10.1. The van der Waals surface area contributed by atoms with E-state index >= 15 is 0 Å². The Balaban J connectivity index is 2.48. The molecule has 1 saturated heterocycles. The summed E-state index contributed by atoms with van der Waals surface area (Å²) in [6.45, 7) is 2.71. The van der Waals surface area contributed by atoms with Crippen LogP contribution in [-0.2, 0) is 4.79 Å². The third-order valence-electron chi connectivity index (χ3n) is 2.96. The van der Waals surface area contributed by atoms with Gasteiger partial charge in [0.25, 0.3) is 0 Å². The molecule has 0 aromatic carbocycles. The zero-order chi connectivity index (χ0) is 13.0. The van der Waals surface area contributed by atoms with Gasteiger partial charge in [0.1, 0.15) is 0 Å². The zero-order valence-electron chi connectivity index (χ0n) is 10.3. The molecule has 0 aromatic rings. The molecule has 17 heavy (non-hydrogen) atoms. The molecule has 1 fully saturated rings. The lowest BCUT2D eigenvalue weighted by Gasteiger charge is -2.33. The van der Waals surface area contributed by atoms with E-state index in [2.05, 4.69) is 0 Å². The Bertz CT molecular complexity index is 295. The van der Waals surface area contributed by atoms with E-state index < -0.39 is 18.0 Å². The van der Waals surface area contributed by atoms with Crippen LogP contribution in [0.2, 0.25) is 0 Å². The summed E-state index contributed by atoms with van der Waals surface area (Å²) < 4.78 is 0. The van der Waals surface area contributed by atoms with Crippen molar-refractivity contribution >= 4 is 12.0 Å². The van der Waals surface area contributed by atoms with E-state index in [4.69, 9.17) is 5.11 Å². The van der Waals surface area contributed by atoms with Gasteiger partial charge in [-0.15, -0.1) is 0 Å². The molecule has 98 valence electrons. The van der Waals surface area contributed by atoms with Gasteiger partial charge in [0.2, 0.25) is 0 Å². The number of carboxylic acids is 1. The molecule has 2 atom stereocenters. The largest absolute Gasteiger partial charge is 0.481 e. The van der Waals surface area contributed by atoms with E-state index in [1.54, 1.807) is 18.9 Å². The number of aliphatic hydroxyl groups excluding tert-OH is 1. The second-order valence-electron chi connectivity index (χ2n) is 4.64. The van der Waals surface area contributed by atoms with Gasteiger partial charge < -0.3 is 20.0 Å². The standard InChI is InChI=1S/C11H20N2O4/c1-8(10(15)16)6-12(2)11(17)13-5-3-4-9(14)7-13/h8-9,14H,3-7H2,1-2H3,(H,15,16). The Morgan fingerprint density at radius 2 is 2.18 bits per heavy atom. The topological polar surface area (TPSA) is 81.1 Å². The number of hydrogen-bond donors (Lipinski definition) is 2. The van der Waals surface area contributed by atoms with Crippen molar-refractivity contribution in [2.24, 2.45) is 5.92 Å². The van der Waals surface area contributed by atoms with Gasteiger partial charge in [0.15, 0.2) is 0 Å². The molecule has 0 spiro atoms. The fourth-order valence-corrected chi connectivity index (χ4v) is 1.94. The maximum atomic E-state index is 11.9. The number of nitrogens with zero attached hydrogens (tertiary/aromatic N) is 2. The van der Waals surface area contributed by atoms with E-state index in [1.807, 2.05) is 0 Å². The summed E-state index contributed by atoms with van der Waals surface area (Å²) in [6, 6.07) is -0.211. The second-order valence-corrected chi connectivity index (χ2v) is 4.64. The van der Waals surface area contributed by atoms with Gasteiger partial charge in [-0.25, -0.2) is 4.79 Å². The molecule has 0 saturated carbocycles. The van der Waals surface area contributed by atoms with Crippen LogP contribution in [0.25, 0.3) is 0 Å². The highest BCUT2D eigenvalue weighted by Crippen LogP contribution is 2.12. The Labute approximate surface area is 101 Å². The van der Waals surface area contributed by atoms with Gasteiger partial charge in [0.05, 0.1) is 12.0 Å². The van der Waals surface area contributed by atoms with E-state index in [1.165, 1.54) is 4.90 Å². The number of amides is 2. The van der Waals surface area contributed by atoms with E-state index in [-0.39, 0.29) is 12.6 Å². The third-order valence-corrected chi connectivity index (χ3v) is 2.96. The van der Waals surface area contributed by atoms with Gasteiger partial charge in [-0.3, -0.25) is 4.79 Å². The Morgan fingerprint density at radius 3 is 2.71 bits per heavy atom. The molecule has 1 heterocycles. The number of carbonyl (C=O) groups excluding carboxylic acids is 1. The van der Waals surface area contributed by atoms with Gasteiger partial charge >= 0.3 is 12.0 Å². The molecule has 0 radical (unpaired) electrons. The monoisotopic (exact) mass is 244 g/mol. The highest BCUT2D eigenvalue weighted by atomic mass is 16.4. The molecule has 6 heteroatoms. The van der Waals surface area contributed by atoms with Crippen LogP contribution in [0.4, 0.5) is 4.79 Å². The van der Waals surface area contributed by atoms with Crippen LogP contribution in [0.1, 0.15) is 19.8 Å². The number of urea groups is 1. The lowest BCUT2D eigenvalue weighted by Crippen LogP contribution is -2.48. The molecular formula is C11H20N2O4. The first kappa shape index (κ1) is 13.8. The molecule has 1 aliphatic heterocycles. The first-order valence-corrected chi connectivity index (χ1v) is 5.82. The number of β-amino-alcohol motifs (C(OH)–C–C–N with tert-alkyl or cyclic N) is 1. The van der Waals surface area contributed by atoms with Crippen LogP contribution in [-0.4, -0.2) is 64.8 Å². The van der Waals surface area contributed by atoms with E-state index in [9.17, 15) is 14.7 Å². The Morgan fingerprint density at radius 1 is 1.53 bits per heavy atom. The maximum absolute atomic E-state index is 11.9. The van der Waals surface area contributed by atoms with Crippen LogP contribution < -0.4 is 0 Å². The molecule has 2 amide bonds. The highest BCUT2D eigenvalue weighted by molar-refractivity contribution is 5.76. The smallest absolute Gasteiger partial charge is 0.319 e. The minimum absolute atomic E-state index is 0.181. The normalized spacial score (nSPS) is 22.1. The molecule has 0 aliphatic carbocycles. The first-order valence-electron chi connectivity index (χ1n) is 5.82. The SMILES string of the molecule is CC(CN(C)C(=O)N1CCCC(O)C1)C(=O)O. The number of aliphatic carboxylic acids is 1. The van der Waals surface area contributed by atoms with Crippen LogP contribution in [0.5, 0.6) is 0 Å². The summed E-state index contributed by atoms with van der Waals surface area (Å²) in [5, 5.41) is 18.2. The summed E-state index contributed by atoms with van der Waals surface area (Å²) in [5.74, 6) is -1.50. The lowest BCUT2D eigenvalue weighted by molar-refractivity contribution is -0.141. The van der Waals surface area contributed by atoms with Gasteiger partial charge in [-0.05, 0) is 12.8 Å². The van der Waals surface area contributed by atoms with Crippen molar-refractivity contribution in [3.8, 4) is 0 Å². The average molecular weight is 244 g/mol. The van der Waals surface area contributed by atoms with Gasteiger partial charge in [0, 0.05) is 26.7 Å². The van der Waals surface area contributed by atoms with Crippen LogP contribution in [0.3, 0.4) is 0 Å². The van der Waals surface area contributed by atoms with E-state index in [0.717, 1.165) is 12.8 Å². The summed E-state index contributed by atoms with van der Waals surface area (Å²) >= 11 is 0. The number of rotatable bonds is 3. The number of likely N-dealkylation sites (tertiary alicyclic amines) is 1. The Hall–Kier alpha value is -1.30. The fourth-order valence-electron chi connectivity index (χ4n) is 1.94. The van der Waals surface area contributed by atoms with Crippen molar-refractivity contribution in [1.29, 1.82) is 0 Å². The van der Waals surface area contributed by atoms with E-state index in [0.29, 0.717) is 13.1 Å². The van der Waals surface area contributed by atoms with Gasteiger partial charge in [-0.1, -0.05) is 6.92 Å². The van der Waals surface area contributed by atoms with Crippen molar-refractivity contribution in [3.05, 3.63) is 0 Å². The van der Waals surface area contributed by atoms with Crippen molar-refractivity contribution in [2.45, 2.75) is 25.9 Å². The van der Waals surface area contributed by atoms with Crippen molar-refractivity contribution in [1.82, 2.24) is 9.80 Å². The molecular weight excluding hydrogens is 224 g/mol. The second kappa shape index (κ2) is 5.86. The van der Waals surface area contributed by atoms with Crippen molar-refractivity contribution < 1.29 is 19.8 Å². The third kappa shape index (κ3) is 3.89. The molecule has 1 aliphatic rings. The maximum Gasteiger partial charge on any atom is 0.319 e. The summed E-state index contributed by atoms with van der Waals surface area (Å²) in [4.78, 5) is 25.6. The molecule has 0 aromatic heterocycles. The van der Waals surface area contributed by atoms with Crippen LogP contribution >= 0.6 is 0 Å². The first-order chi connectivity index (χ1) is 7.91. The van der Waals surface area contributed by atoms with Crippen LogP contribution in [0.15, 0.2) is 0 Å². The number of carboxylic acid groups (broad SMARTS) is 1. The fraction of sp³-hybridized carbons (Fsp3) is 0.818. The minimum atomic E-state index is -0.914. The molecule has 0 bridgehead atoms. The number of hydrogen-bond acceptors (Lipinski definition) is 3. The predicted molar refractivity (Wildman–Crippen MR) is 61.6 cm³/mol. The van der Waals surface area contributed by atoms with Crippen molar-refractivity contribution in [2.75, 3.05) is 26.7 Å².